The highest BCUT2D eigenvalue weighted by Crippen LogP contribution is 2.19. The Morgan fingerprint density at radius 2 is 1.74 bits per heavy atom. The van der Waals surface area contributed by atoms with Gasteiger partial charge in [0.2, 0.25) is 5.91 Å². The van der Waals surface area contributed by atoms with Crippen molar-refractivity contribution < 1.29 is 14.3 Å². The lowest BCUT2D eigenvalue weighted by Gasteiger charge is -2.31. The number of hydrogen-bond donors (Lipinski definition) is 1. The second-order valence-electron chi connectivity index (χ2n) is 8.56. The first-order valence-electron chi connectivity index (χ1n) is 11.3. The fraction of sp³-hybridized carbons (Fsp3) is 0.462. The molecule has 31 heavy (non-hydrogen) atoms. The van der Waals surface area contributed by atoms with Crippen molar-refractivity contribution in [2.45, 2.75) is 71.5 Å². The Labute approximate surface area is 185 Å². The van der Waals surface area contributed by atoms with E-state index in [0.717, 1.165) is 36.8 Å². The second kappa shape index (κ2) is 11.0. The zero-order valence-corrected chi connectivity index (χ0v) is 18.9. The van der Waals surface area contributed by atoms with Gasteiger partial charge in [0.1, 0.15) is 11.8 Å². The van der Waals surface area contributed by atoms with Crippen molar-refractivity contribution in [3.63, 3.8) is 0 Å². The molecule has 1 N–H and O–H groups in total. The molecular formula is C26H34N2O3. The number of benzene rings is 2. The molecule has 1 aliphatic rings. The molecule has 0 aromatic heterocycles. The lowest BCUT2D eigenvalue weighted by Crippen LogP contribution is -2.51. The summed E-state index contributed by atoms with van der Waals surface area (Å²) in [6.07, 6.45) is 5.56. The summed E-state index contributed by atoms with van der Waals surface area (Å²) in [7, 11) is 0. The lowest BCUT2D eigenvalue weighted by atomic mass is 9.95. The number of nitrogens with zero attached hydrogens (tertiary/aromatic N) is 1. The fourth-order valence-corrected chi connectivity index (χ4v) is 3.96. The first kappa shape index (κ1) is 22.9. The third kappa shape index (κ3) is 6.58. The maximum atomic E-state index is 13.1. The van der Waals surface area contributed by atoms with Gasteiger partial charge in [-0.3, -0.25) is 9.59 Å². The third-order valence-corrected chi connectivity index (χ3v) is 6.16. The zero-order chi connectivity index (χ0) is 22.2. The summed E-state index contributed by atoms with van der Waals surface area (Å²) in [5.74, 6) is 0.367. The minimum absolute atomic E-state index is 0.0950. The summed E-state index contributed by atoms with van der Waals surface area (Å²) in [6.45, 7) is 6.13. The smallest absolute Gasteiger partial charge is 0.261 e. The predicted octanol–water partition coefficient (Wildman–Crippen LogP) is 4.55. The molecule has 5 heteroatoms. The number of nitrogens with one attached hydrogen (secondary N) is 1. The van der Waals surface area contributed by atoms with Gasteiger partial charge in [-0.05, 0) is 62.4 Å². The molecule has 1 atom stereocenters. The predicted molar refractivity (Wildman–Crippen MR) is 123 cm³/mol. The van der Waals surface area contributed by atoms with E-state index in [9.17, 15) is 9.59 Å². The van der Waals surface area contributed by atoms with Crippen LogP contribution in [0.4, 0.5) is 0 Å². The van der Waals surface area contributed by atoms with Crippen LogP contribution in [0, 0.1) is 13.8 Å². The Morgan fingerprint density at radius 1 is 1.03 bits per heavy atom. The van der Waals surface area contributed by atoms with Gasteiger partial charge in [-0.1, -0.05) is 55.7 Å². The van der Waals surface area contributed by atoms with Crippen molar-refractivity contribution in [1.82, 2.24) is 10.2 Å². The van der Waals surface area contributed by atoms with E-state index in [1.165, 1.54) is 12.0 Å². The molecule has 2 aromatic carbocycles. The second-order valence-corrected chi connectivity index (χ2v) is 8.56. The number of hydrogen-bond acceptors (Lipinski definition) is 3. The topological polar surface area (TPSA) is 58.6 Å². The Kier molecular flexibility index (Phi) is 8.10. The molecule has 5 nitrogen and oxygen atoms in total. The first-order chi connectivity index (χ1) is 14.9. The highest BCUT2D eigenvalue weighted by molar-refractivity contribution is 5.88. The summed E-state index contributed by atoms with van der Waals surface area (Å²) in [5, 5.41) is 3.15. The zero-order valence-electron chi connectivity index (χ0n) is 18.9. The molecule has 3 rings (SSSR count). The molecule has 0 aliphatic heterocycles. The van der Waals surface area contributed by atoms with Crippen LogP contribution in [0.1, 0.15) is 55.7 Å². The molecule has 0 unspecified atom stereocenters. The number of carbonyl (C=O) groups is 2. The Bertz CT molecular complexity index is 875. The fourth-order valence-electron chi connectivity index (χ4n) is 3.96. The van der Waals surface area contributed by atoms with Crippen molar-refractivity contribution >= 4 is 11.8 Å². The van der Waals surface area contributed by atoms with Crippen LogP contribution in [-0.4, -0.2) is 35.4 Å². The van der Waals surface area contributed by atoms with Gasteiger partial charge in [0.25, 0.3) is 5.91 Å². The maximum Gasteiger partial charge on any atom is 0.261 e. The van der Waals surface area contributed by atoms with E-state index in [1.54, 1.807) is 11.8 Å². The highest BCUT2D eigenvalue weighted by Gasteiger charge is 2.28. The van der Waals surface area contributed by atoms with Crippen molar-refractivity contribution in [1.29, 1.82) is 0 Å². The van der Waals surface area contributed by atoms with E-state index in [2.05, 4.69) is 5.32 Å². The molecule has 166 valence electrons. The summed E-state index contributed by atoms with van der Waals surface area (Å²) in [6, 6.07) is 15.2. The number of rotatable bonds is 8. The van der Waals surface area contributed by atoms with Crippen molar-refractivity contribution in [3.8, 4) is 5.75 Å². The van der Waals surface area contributed by atoms with Gasteiger partial charge in [0.05, 0.1) is 0 Å². The van der Waals surface area contributed by atoms with Crippen LogP contribution < -0.4 is 10.1 Å². The largest absolute Gasteiger partial charge is 0.484 e. The van der Waals surface area contributed by atoms with Crippen LogP contribution in [0.3, 0.4) is 0 Å². The number of carbonyl (C=O) groups excluding carboxylic acids is 2. The molecule has 0 saturated heterocycles. The van der Waals surface area contributed by atoms with Crippen LogP contribution >= 0.6 is 0 Å². The average molecular weight is 423 g/mol. The van der Waals surface area contributed by atoms with Crippen molar-refractivity contribution in [2.24, 2.45) is 0 Å². The monoisotopic (exact) mass is 422 g/mol. The van der Waals surface area contributed by atoms with Crippen LogP contribution in [0.15, 0.2) is 48.5 Å². The van der Waals surface area contributed by atoms with E-state index >= 15 is 0 Å². The molecule has 1 aliphatic carbocycles. The minimum atomic E-state index is -0.571. The normalized spacial score (nSPS) is 15.2. The summed E-state index contributed by atoms with van der Waals surface area (Å²) >= 11 is 0. The van der Waals surface area contributed by atoms with Crippen LogP contribution in [0.2, 0.25) is 0 Å². The summed E-state index contributed by atoms with van der Waals surface area (Å²) in [4.78, 5) is 27.7. The van der Waals surface area contributed by atoms with Crippen LogP contribution in [0.25, 0.3) is 0 Å². The van der Waals surface area contributed by atoms with Crippen LogP contribution in [-0.2, 0) is 16.1 Å². The van der Waals surface area contributed by atoms with E-state index in [0.29, 0.717) is 12.3 Å². The van der Waals surface area contributed by atoms with E-state index in [4.69, 9.17) is 4.74 Å². The van der Waals surface area contributed by atoms with Crippen molar-refractivity contribution in [3.05, 3.63) is 65.2 Å². The van der Waals surface area contributed by atoms with Gasteiger partial charge in [-0.15, -0.1) is 0 Å². The SMILES string of the molecule is Cc1ccc(OCC(=O)N(Cc2ccccc2)[C@H](C)C(=O)NC2CCCCC2)cc1C. The average Bonchev–Trinajstić information content (AvgIpc) is 2.79. The van der Waals surface area contributed by atoms with Gasteiger partial charge in [0.15, 0.2) is 6.61 Å². The summed E-state index contributed by atoms with van der Waals surface area (Å²) in [5.41, 5.74) is 3.28. The summed E-state index contributed by atoms with van der Waals surface area (Å²) < 4.78 is 5.78. The molecule has 2 aromatic rings. The maximum absolute atomic E-state index is 13.1. The molecule has 0 radical (unpaired) electrons. The standard InChI is InChI=1S/C26H34N2O3/c1-19-14-15-24(16-20(19)2)31-18-25(29)28(17-22-10-6-4-7-11-22)21(3)26(30)27-23-12-8-5-9-13-23/h4,6-7,10-11,14-16,21,23H,5,8-9,12-13,17-18H2,1-3H3,(H,27,30)/t21-/m1/s1. The van der Waals surface area contributed by atoms with Gasteiger partial charge in [-0.2, -0.15) is 0 Å². The lowest BCUT2D eigenvalue weighted by molar-refractivity contribution is -0.142. The van der Waals surface area contributed by atoms with Gasteiger partial charge in [0, 0.05) is 12.6 Å². The van der Waals surface area contributed by atoms with E-state index in [1.807, 2.05) is 62.4 Å². The molecular weight excluding hydrogens is 388 g/mol. The first-order valence-corrected chi connectivity index (χ1v) is 11.3. The van der Waals surface area contributed by atoms with Crippen molar-refractivity contribution in [2.75, 3.05) is 6.61 Å². The molecule has 1 saturated carbocycles. The Hall–Kier alpha value is -2.82. The number of ether oxygens (including phenoxy) is 1. The van der Waals surface area contributed by atoms with Gasteiger partial charge in [-0.25, -0.2) is 0 Å². The highest BCUT2D eigenvalue weighted by atomic mass is 16.5. The number of amides is 2. The molecule has 0 spiro atoms. The van der Waals surface area contributed by atoms with Gasteiger partial charge < -0.3 is 15.0 Å². The Balaban J connectivity index is 1.68. The van der Waals surface area contributed by atoms with Gasteiger partial charge >= 0.3 is 0 Å². The minimum Gasteiger partial charge on any atom is -0.484 e. The molecule has 0 bridgehead atoms. The van der Waals surface area contributed by atoms with E-state index < -0.39 is 6.04 Å². The Morgan fingerprint density at radius 3 is 2.42 bits per heavy atom. The molecule has 0 heterocycles. The third-order valence-electron chi connectivity index (χ3n) is 6.16. The quantitative estimate of drug-likeness (QED) is 0.679. The number of aryl methyl sites for hydroxylation is 2. The van der Waals surface area contributed by atoms with Crippen LogP contribution in [0.5, 0.6) is 5.75 Å². The molecule has 1 fully saturated rings. The molecule has 2 amide bonds. The van der Waals surface area contributed by atoms with E-state index in [-0.39, 0.29) is 24.5 Å².